The third kappa shape index (κ3) is 2.41. The van der Waals surface area contributed by atoms with E-state index in [-0.39, 0.29) is 0 Å². The van der Waals surface area contributed by atoms with Crippen LogP contribution >= 0.6 is 0 Å². The molecule has 0 bridgehead atoms. The van der Waals surface area contributed by atoms with Gasteiger partial charge < -0.3 is 4.90 Å². The Morgan fingerprint density at radius 2 is 1.44 bits per heavy atom. The van der Waals surface area contributed by atoms with Gasteiger partial charge in [0.15, 0.2) is 0 Å². The summed E-state index contributed by atoms with van der Waals surface area (Å²) >= 11 is 0. The highest BCUT2D eigenvalue weighted by Gasteiger charge is 2.33. The van der Waals surface area contributed by atoms with Gasteiger partial charge in [-0.1, -0.05) is 19.3 Å². The van der Waals surface area contributed by atoms with Crippen molar-refractivity contribution in [3.63, 3.8) is 0 Å². The number of piperidine rings is 1. The quantitative estimate of drug-likeness (QED) is 0.667. The highest BCUT2D eigenvalue weighted by Crippen LogP contribution is 2.30. The second-order valence-corrected chi connectivity index (χ2v) is 5.71. The van der Waals surface area contributed by atoms with E-state index in [0.717, 1.165) is 12.8 Å². The van der Waals surface area contributed by atoms with Gasteiger partial charge in [0.25, 0.3) is 0 Å². The molecule has 1 saturated carbocycles. The topological polar surface area (TPSA) is 20.3 Å². The fourth-order valence-electron chi connectivity index (χ4n) is 3.42. The monoisotopic (exact) mass is 223 g/mol. The standard InChI is InChI=1S/C14H25NO/c1-11-7-6-8-12(2)15(11)14(16)13-9-4-3-5-10-13/h11-13H,3-10H2,1-2H3/t11-,12-/m0/s1. The summed E-state index contributed by atoms with van der Waals surface area (Å²) in [5.74, 6) is 0.802. The molecule has 0 aromatic rings. The van der Waals surface area contributed by atoms with Gasteiger partial charge in [0.05, 0.1) is 0 Å². The molecule has 2 fully saturated rings. The Morgan fingerprint density at radius 3 is 2.00 bits per heavy atom. The van der Waals surface area contributed by atoms with Crippen molar-refractivity contribution in [3.8, 4) is 0 Å². The van der Waals surface area contributed by atoms with Crippen LogP contribution in [0.1, 0.15) is 65.2 Å². The summed E-state index contributed by atoms with van der Waals surface area (Å²) in [6.45, 7) is 4.44. The van der Waals surface area contributed by atoms with Crippen molar-refractivity contribution in [3.05, 3.63) is 0 Å². The number of amides is 1. The number of nitrogens with zero attached hydrogens (tertiary/aromatic N) is 1. The van der Waals surface area contributed by atoms with Gasteiger partial charge in [-0.3, -0.25) is 4.79 Å². The van der Waals surface area contributed by atoms with Crippen molar-refractivity contribution in [2.24, 2.45) is 5.92 Å². The molecule has 0 aromatic heterocycles. The first-order valence-electron chi connectivity index (χ1n) is 7.02. The van der Waals surface area contributed by atoms with Crippen LogP contribution in [-0.4, -0.2) is 22.9 Å². The average molecular weight is 223 g/mol. The lowest BCUT2D eigenvalue weighted by Gasteiger charge is -2.41. The number of hydrogen-bond acceptors (Lipinski definition) is 1. The summed E-state index contributed by atoms with van der Waals surface area (Å²) in [5, 5.41) is 0. The minimum Gasteiger partial charge on any atom is -0.337 e. The van der Waals surface area contributed by atoms with Crippen LogP contribution in [0.25, 0.3) is 0 Å². The molecule has 2 nitrogen and oxygen atoms in total. The molecule has 1 heterocycles. The van der Waals surface area contributed by atoms with Crippen molar-refractivity contribution in [2.45, 2.75) is 77.3 Å². The number of carbonyl (C=O) groups is 1. The Kier molecular flexibility index (Phi) is 3.88. The molecule has 2 rings (SSSR count). The van der Waals surface area contributed by atoms with E-state index in [2.05, 4.69) is 18.7 Å². The largest absolute Gasteiger partial charge is 0.337 e. The smallest absolute Gasteiger partial charge is 0.226 e. The summed E-state index contributed by atoms with van der Waals surface area (Å²) in [7, 11) is 0. The van der Waals surface area contributed by atoms with Gasteiger partial charge in [0.1, 0.15) is 0 Å². The van der Waals surface area contributed by atoms with E-state index in [1.165, 1.54) is 38.5 Å². The highest BCUT2D eigenvalue weighted by atomic mass is 16.2. The second kappa shape index (κ2) is 5.20. The van der Waals surface area contributed by atoms with Crippen molar-refractivity contribution >= 4 is 5.91 Å². The third-order valence-electron chi connectivity index (χ3n) is 4.40. The van der Waals surface area contributed by atoms with Gasteiger partial charge >= 0.3 is 0 Å². The molecule has 1 aliphatic heterocycles. The lowest BCUT2D eigenvalue weighted by molar-refractivity contribution is -0.142. The zero-order valence-corrected chi connectivity index (χ0v) is 10.7. The number of hydrogen-bond donors (Lipinski definition) is 0. The molecule has 2 atom stereocenters. The van der Waals surface area contributed by atoms with E-state index < -0.39 is 0 Å². The molecule has 0 radical (unpaired) electrons. The zero-order valence-electron chi connectivity index (χ0n) is 10.7. The van der Waals surface area contributed by atoms with E-state index in [1.807, 2.05) is 0 Å². The molecule has 0 N–H and O–H groups in total. The normalized spacial score (nSPS) is 32.8. The molecule has 16 heavy (non-hydrogen) atoms. The van der Waals surface area contributed by atoms with Crippen molar-refractivity contribution in [1.29, 1.82) is 0 Å². The Hall–Kier alpha value is -0.530. The van der Waals surface area contributed by atoms with Crippen LogP contribution in [-0.2, 0) is 4.79 Å². The highest BCUT2D eigenvalue weighted by molar-refractivity contribution is 5.79. The van der Waals surface area contributed by atoms with Crippen molar-refractivity contribution < 1.29 is 4.79 Å². The average Bonchev–Trinajstić information content (AvgIpc) is 2.30. The SMILES string of the molecule is C[C@H]1CCC[C@H](C)N1C(=O)C1CCCCC1. The molecule has 2 aliphatic rings. The van der Waals surface area contributed by atoms with E-state index in [4.69, 9.17) is 0 Å². The van der Waals surface area contributed by atoms with E-state index in [9.17, 15) is 4.79 Å². The van der Waals surface area contributed by atoms with Crippen LogP contribution < -0.4 is 0 Å². The van der Waals surface area contributed by atoms with Gasteiger partial charge in [0.2, 0.25) is 5.91 Å². The van der Waals surface area contributed by atoms with Gasteiger partial charge in [0, 0.05) is 18.0 Å². The lowest BCUT2D eigenvalue weighted by Crippen LogP contribution is -2.50. The summed E-state index contributed by atoms with van der Waals surface area (Å²) in [5.41, 5.74) is 0. The number of likely N-dealkylation sites (tertiary alicyclic amines) is 1. The first-order chi connectivity index (χ1) is 7.70. The molecular weight excluding hydrogens is 198 g/mol. The maximum atomic E-state index is 12.5. The zero-order chi connectivity index (χ0) is 11.5. The maximum Gasteiger partial charge on any atom is 0.226 e. The first kappa shape index (κ1) is 11.9. The molecule has 92 valence electrons. The number of carbonyl (C=O) groups excluding carboxylic acids is 1. The van der Waals surface area contributed by atoms with Crippen LogP contribution in [0.5, 0.6) is 0 Å². The van der Waals surface area contributed by atoms with Gasteiger partial charge in [-0.25, -0.2) is 0 Å². The van der Waals surface area contributed by atoms with E-state index in [1.54, 1.807) is 0 Å². The molecule has 1 saturated heterocycles. The van der Waals surface area contributed by atoms with E-state index >= 15 is 0 Å². The van der Waals surface area contributed by atoms with Gasteiger partial charge in [-0.2, -0.15) is 0 Å². The van der Waals surface area contributed by atoms with Crippen LogP contribution in [0.4, 0.5) is 0 Å². The summed E-state index contributed by atoms with van der Waals surface area (Å²) < 4.78 is 0. The predicted molar refractivity (Wildman–Crippen MR) is 66.2 cm³/mol. The Balaban J connectivity index is 2.00. The molecule has 1 aliphatic carbocycles. The van der Waals surface area contributed by atoms with Crippen LogP contribution in [0.3, 0.4) is 0 Å². The summed E-state index contributed by atoms with van der Waals surface area (Å²) in [4.78, 5) is 14.7. The lowest BCUT2D eigenvalue weighted by atomic mass is 9.86. The van der Waals surface area contributed by atoms with Gasteiger partial charge in [-0.15, -0.1) is 0 Å². The van der Waals surface area contributed by atoms with Crippen LogP contribution in [0.2, 0.25) is 0 Å². The molecular formula is C14H25NO. The maximum absolute atomic E-state index is 12.5. The Morgan fingerprint density at radius 1 is 0.875 bits per heavy atom. The fraction of sp³-hybridized carbons (Fsp3) is 0.929. The second-order valence-electron chi connectivity index (χ2n) is 5.71. The predicted octanol–water partition coefficient (Wildman–Crippen LogP) is 3.36. The van der Waals surface area contributed by atoms with Crippen molar-refractivity contribution in [1.82, 2.24) is 4.90 Å². The summed E-state index contributed by atoms with van der Waals surface area (Å²) in [6, 6.07) is 0.941. The van der Waals surface area contributed by atoms with Crippen molar-refractivity contribution in [2.75, 3.05) is 0 Å². The van der Waals surface area contributed by atoms with Gasteiger partial charge in [-0.05, 0) is 46.0 Å². The fourth-order valence-corrected chi connectivity index (χ4v) is 3.42. The molecule has 1 amide bonds. The number of rotatable bonds is 1. The molecule has 0 spiro atoms. The molecule has 2 heteroatoms. The Labute approximate surface area is 99.4 Å². The van der Waals surface area contributed by atoms with E-state index in [0.29, 0.717) is 23.9 Å². The van der Waals surface area contributed by atoms with Crippen LogP contribution in [0, 0.1) is 5.92 Å². The minimum absolute atomic E-state index is 0.344. The van der Waals surface area contributed by atoms with Crippen LogP contribution in [0.15, 0.2) is 0 Å². The summed E-state index contributed by atoms with van der Waals surface area (Å²) in [6.07, 6.45) is 9.79. The first-order valence-corrected chi connectivity index (χ1v) is 7.02. The molecule has 0 aromatic carbocycles. The Bertz CT molecular complexity index is 235. The third-order valence-corrected chi connectivity index (χ3v) is 4.40. The minimum atomic E-state index is 0.344. The molecule has 0 unspecified atom stereocenters.